The van der Waals surface area contributed by atoms with Gasteiger partial charge in [0.1, 0.15) is 29.7 Å². The predicted octanol–water partition coefficient (Wildman–Crippen LogP) is 2.43. The Bertz CT molecular complexity index is 878. The highest BCUT2D eigenvalue weighted by Gasteiger charge is 2.19. The highest BCUT2D eigenvalue weighted by atomic mass is 19.1. The van der Waals surface area contributed by atoms with Crippen molar-refractivity contribution in [3.63, 3.8) is 0 Å². The molecule has 0 spiro atoms. The lowest BCUT2D eigenvalue weighted by Crippen LogP contribution is -2.13. The summed E-state index contributed by atoms with van der Waals surface area (Å²) in [7, 11) is 0. The molecular weight excluding hydrogens is 318 g/mol. The molecule has 0 aliphatic carbocycles. The van der Waals surface area contributed by atoms with E-state index >= 15 is 0 Å². The maximum atomic E-state index is 13.6. The van der Waals surface area contributed by atoms with Crippen LogP contribution in [0.25, 0.3) is 11.3 Å². The van der Waals surface area contributed by atoms with Gasteiger partial charge in [0, 0.05) is 11.6 Å². The molecule has 0 radical (unpaired) electrons. The monoisotopic (exact) mass is 330 g/mol. The minimum Gasteiger partial charge on any atom is -0.488 e. The Labute approximate surface area is 135 Å². The number of ether oxygens (including phenoxy) is 1. The Kier molecular flexibility index (Phi) is 4.19. The highest BCUT2D eigenvalue weighted by Crippen LogP contribution is 2.31. The van der Waals surface area contributed by atoms with Crippen LogP contribution in [0.5, 0.6) is 5.75 Å². The first-order chi connectivity index (χ1) is 11.5. The summed E-state index contributed by atoms with van der Waals surface area (Å²) in [6.07, 6.45) is 0. The smallest absolute Gasteiger partial charge is 0.271 e. The van der Waals surface area contributed by atoms with Crippen LogP contribution < -0.4 is 10.5 Å². The molecule has 1 heterocycles. The van der Waals surface area contributed by atoms with E-state index in [4.69, 9.17) is 10.5 Å². The van der Waals surface area contributed by atoms with Gasteiger partial charge in [0.2, 0.25) is 0 Å². The molecular formula is C16H12F2N4O2. The third-order valence-electron chi connectivity index (χ3n) is 3.29. The van der Waals surface area contributed by atoms with Gasteiger partial charge in [-0.05, 0) is 29.8 Å². The molecule has 0 unspecified atom stereocenters. The van der Waals surface area contributed by atoms with Gasteiger partial charge in [-0.15, -0.1) is 0 Å². The summed E-state index contributed by atoms with van der Waals surface area (Å²) < 4.78 is 32.1. The first-order valence-corrected chi connectivity index (χ1v) is 6.92. The number of H-pyrrole nitrogens is 1. The van der Waals surface area contributed by atoms with Crippen LogP contribution in [-0.4, -0.2) is 21.3 Å². The second-order valence-electron chi connectivity index (χ2n) is 4.94. The van der Waals surface area contributed by atoms with Crippen LogP contribution in [0.1, 0.15) is 16.1 Å². The van der Waals surface area contributed by atoms with Gasteiger partial charge in [-0.25, -0.2) is 8.78 Å². The van der Waals surface area contributed by atoms with Gasteiger partial charge < -0.3 is 10.5 Å². The summed E-state index contributed by atoms with van der Waals surface area (Å²) in [5.74, 6) is -1.49. The van der Waals surface area contributed by atoms with Crippen molar-refractivity contribution in [1.82, 2.24) is 15.4 Å². The van der Waals surface area contributed by atoms with E-state index in [2.05, 4.69) is 15.4 Å². The van der Waals surface area contributed by atoms with Crippen LogP contribution in [0.15, 0.2) is 42.5 Å². The first-order valence-electron chi connectivity index (χ1n) is 6.92. The van der Waals surface area contributed by atoms with Gasteiger partial charge in [-0.1, -0.05) is 12.1 Å². The predicted molar refractivity (Wildman–Crippen MR) is 81.0 cm³/mol. The Morgan fingerprint density at radius 2 is 1.79 bits per heavy atom. The molecule has 8 heteroatoms. The molecule has 24 heavy (non-hydrogen) atoms. The number of primary amides is 1. The number of carbonyl (C=O) groups excluding carboxylic acids is 1. The molecule has 1 amide bonds. The zero-order valence-corrected chi connectivity index (χ0v) is 12.3. The number of halogens is 2. The lowest BCUT2D eigenvalue weighted by molar-refractivity contribution is 0.0996. The molecule has 3 N–H and O–H groups in total. The summed E-state index contributed by atoms with van der Waals surface area (Å²) in [6, 6.07) is 9.50. The third-order valence-corrected chi connectivity index (χ3v) is 3.29. The molecule has 3 rings (SSSR count). The lowest BCUT2D eigenvalue weighted by atomic mass is 10.1. The van der Waals surface area contributed by atoms with E-state index in [9.17, 15) is 13.6 Å². The van der Waals surface area contributed by atoms with Gasteiger partial charge >= 0.3 is 0 Å². The molecule has 0 saturated carbocycles. The summed E-state index contributed by atoms with van der Waals surface area (Å²) in [4.78, 5) is 11.4. The second kappa shape index (κ2) is 6.45. The van der Waals surface area contributed by atoms with Crippen molar-refractivity contribution >= 4 is 5.91 Å². The van der Waals surface area contributed by atoms with Gasteiger partial charge in [0.15, 0.2) is 5.69 Å². The maximum absolute atomic E-state index is 13.6. The number of benzene rings is 2. The van der Waals surface area contributed by atoms with E-state index in [1.807, 2.05) is 0 Å². The van der Waals surface area contributed by atoms with E-state index < -0.39 is 11.7 Å². The second-order valence-corrected chi connectivity index (χ2v) is 4.94. The Morgan fingerprint density at radius 3 is 2.50 bits per heavy atom. The van der Waals surface area contributed by atoms with Crippen LogP contribution in [0.3, 0.4) is 0 Å². The average Bonchev–Trinajstić information content (AvgIpc) is 3.04. The van der Waals surface area contributed by atoms with Crippen LogP contribution in [0.2, 0.25) is 0 Å². The van der Waals surface area contributed by atoms with Gasteiger partial charge in [0.25, 0.3) is 5.91 Å². The quantitative estimate of drug-likeness (QED) is 0.751. The number of nitrogens with zero attached hydrogens (tertiary/aromatic N) is 2. The summed E-state index contributed by atoms with van der Waals surface area (Å²) in [6.45, 7) is 0.0838. The average molecular weight is 330 g/mol. The van der Waals surface area contributed by atoms with E-state index in [-0.39, 0.29) is 29.6 Å². The fourth-order valence-electron chi connectivity index (χ4n) is 2.14. The number of amides is 1. The number of hydrogen-bond donors (Lipinski definition) is 2. The van der Waals surface area contributed by atoms with E-state index in [0.717, 1.165) is 6.07 Å². The highest BCUT2D eigenvalue weighted by molar-refractivity contribution is 5.97. The van der Waals surface area contributed by atoms with Crippen molar-refractivity contribution in [2.45, 2.75) is 6.61 Å². The van der Waals surface area contributed by atoms with Crippen molar-refractivity contribution in [2.75, 3.05) is 0 Å². The van der Waals surface area contributed by atoms with Crippen molar-refractivity contribution < 1.29 is 18.3 Å². The topological polar surface area (TPSA) is 93.9 Å². The minimum atomic E-state index is -0.771. The number of carbonyl (C=O) groups is 1. The Hall–Kier alpha value is -3.29. The van der Waals surface area contributed by atoms with Crippen molar-refractivity contribution in [3.05, 3.63) is 65.4 Å². The molecule has 1 aromatic heterocycles. The molecule has 0 bridgehead atoms. The van der Waals surface area contributed by atoms with Crippen molar-refractivity contribution in [2.24, 2.45) is 5.73 Å². The fourth-order valence-corrected chi connectivity index (χ4v) is 2.14. The van der Waals surface area contributed by atoms with Crippen LogP contribution in [0.4, 0.5) is 8.78 Å². The SMILES string of the molecule is NC(=O)c1n[nH]nc1-c1ccc(F)cc1OCc1ccc(F)cc1. The summed E-state index contributed by atoms with van der Waals surface area (Å²) >= 11 is 0. The third kappa shape index (κ3) is 3.22. The van der Waals surface area contributed by atoms with Crippen molar-refractivity contribution in [3.8, 4) is 17.0 Å². The number of nitrogens with one attached hydrogen (secondary N) is 1. The molecule has 2 aromatic carbocycles. The summed E-state index contributed by atoms with van der Waals surface area (Å²) in [5.41, 5.74) is 6.39. The van der Waals surface area contributed by atoms with Crippen LogP contribution in [-0.2, 0) is 6.61 Å². The van der Waals surface area contributed by atoms with E-state index in [1.54, 1.807) is 12.1 Å². The van der Waals surface area contributed by atoms with Crippen LogP contribution >= 0.6 is 0 Å². The lowest BCUT2D eigenvalue weighted by Gasteiger charge is -2.11. The number of nitrogens with two attached hydrogens (primary N) is 1. The fraction of sp³-hybridized carbons (Fsp3) is 0.0625. The van der Waals surface area contributed by atoms with Gasteiger partial charge in [0.05, 0.1) is 0 Å². The van der Waals surface area contributed by atoms with E-state index in [0.29, 0.717) is 11.1 Å². The first kappa shape index (κ1) is 15.6. The Morgan fingerprint density at radius 1 is 1.08 bits per heavy atom. The van der Waals surface area contributed by atoms with Gasteiger partial charge in [-0.2, -0.15) is 15.4 Å². The molecule has 0 atom stereocenters. The maximum Gasteiger partial charge on any atom is 0.271 e. The van der Waals surface area contributed by atoms with E-state index in [1.165, 1.54) is 24.3 Å². The number of hydrogen-bond acceptors (Lipinski definition) is 4. The standard InChI is InChI=1S/C16H12F2N4O2/c17-10-3-1-9(2-4-10)8-24-13-7-11(18)5-6-12(13)14-15(16(19)23)21-22-20-14/h1-7H,8H2,(H2,19,23)(H,20,21,22). The largest absolute Gasteiger partial charge is 0.488 e. The molecule has 122 valence electrons. The summed E-state index contributed by atoms with van der Waals surface area (Å²) in [5, 5.41) is 9.87. The number of rotatable bonds is 5. The molecule has 0 saturated heterocycles. The van der Waals surface area contributed by atoms with Gasteiger partial charge in [-0.3, -0.25) is 4.79 Å². The van der Waals surface area contributed by atoms with Crippen LogP contribution in [0, 0.1) is 11.6 Å². The Balaban J connectivity index is 1.92. The van der Waals surface area contributed by atoms with Crippen molar-refractivity contribution in [1.29, 1.82) is 0 Å². The molecule has 0 aliphatic rings. The molecule has 3 aromatic rings. The number of aromatic amines is 1. The molecule has 6 nitrogen and oxygen atoms in total. The minimum absolute atomic E-state index is 0.0757. The molecule has 0 aliphatic heterocycles. The zero-order chi connectivity index (χ0) is 17.1. The zero-order valence-electron chi connectivity index (χ0n) is 12.3. The molecule has 0 fully saturated rings. The number of aromatic nitrogens is 3. The normalized spacial score (nSPS) is 10.6.